The van der Waals surface area contributed by atoms with E-state index in [9.17, 15) is 8.42 Å². The minimum Gasteiger partial charge on any atom is -0.560 e. The molecule has 0 saturated carbocycles. The first kappa shape index (κ1) is 11.7. The fourth-order valence-corrected chi connectivity index (χ4v) is 0.963. The number of nitrogens with zero attached hydrogens (tertiary/aromatic N) is 1. The second-order valence-corrected chi connectivity index (χ2v) is 3.17. The number of hydrogen-bond donors (Lipinski definition) is 0. The molecule has 6 heteroatoms. The minimum atomic E-state index is -3.82. The van der Waals surface area contributed by atoms with Crippen molar-refractivity contribution in [3.05, 3.63) is 29.7 Å². The molecule has 0 aromatic carbocycles. The van der Waals surface area contributed by atoms with Gasteiger partial charge in [0.15, 0.2) is 0 Å². The van der Waals surface area contributed by atoms with E-state index in [1.54, 1.807) is 0 Å². The molecule has 1 aromatic rings. The summed E-state index contributed by atoms with van der Waals surface area (Å²) in [6.07, 6.45) is 2.59. The Labute approximate surface area is 108 Å². The van der Waals surface area contributed by atoms with E-state index in [0.717, 1.165) is 6.20 Å². The summed E-state index contributed by atoms with van der Waals surface area (Å²) >= 11 is 0. The number of sulfonamides is 1. The molecule has 0 aliphatic rings. The van der Waals surface area contributed by atoms with Crippen LogP contribution in [0.5, 0.6) is 0 Å². The summed E-state index contributed by atoms with van der Waals surface area (Å²) in [7, 11) is -3.82. The molecule has 0 aliphatic carbocycles. The van der Waals surface area contributed by atoms with Crippen molar-refractivity contribution in [2.45, 2.75) is 4.90 Å². The van der Waals surface area contributed by atoms with Crippen molar-refractivity contribution in [1.29, 1.82) is 0 Å². The normalized spacial score (nSPS) is 10.3. The van der Waals surface area contributed by atoms with Crippen molar-refractivity contribution in [3.63, 3.8) is 0 Å². The molecule has 0 saturated heterocycles. The smallest absolute Gasteiger partial charge is 0.560 e. The first-order valence-corrected chi connectivity index (χ1v) is 3.99. The van der Waals surface area contributed by atoms with Crippen LogP contribution in [0.4, 0.5) is 0 Å². The van der Waals surface area contributed by atoms with Crippen LogP contribution < -0.4 is 51.4 Å². The van der Waals surface area contributed by atoms with E-state index in [2.05, 4.69) is 4.98 Å². The number of pyridine rings is 1. The third-order valence-corrected chi connectivity index (χ3v) is 1.81. The van der Waals surface area contributed by atoms with Gasteiger partial charge in [-0.15, -0.1) is 0 Å². The third kappa shape index (κ3) is 3.75. The van der Waals surface area contributed by atoms with Crippen molar-refractivity contribution >= 4 is 10.0 Å². The van der Waals surface area contributed by atoms with Gasteiger partial charge in [0.05, 0.1) is 4.90 Å². The van der Waals surface area contributed by atoms with Crippen molar-refractivity contribution in [2.24, 2.45) is 0 Å². The van der Waals surface area contributed by atoms with Crippen molar-refractivity contribution in [2.75, 3.05) is 0 Å². The predicted molar refractivity (Wildman–Crippen MR) is 35.7 cm³/mol. The zero-order valence-corrected chi connectivity index (χ0v) is 9.92. The maximum Gasteiger partial charge on any atom is 1.00 e. The quantitative estimate of drug-likeness (QED) is 0.480. The van der Waals surface area contributed by atoms with Gasteiger partial charge in [0.25, 0.3) is 0 Å². The maximum atomic E-state index is 10.5. The monoisotopic (exact) mass is 196 g/mol. The van der Waals surface area contributed by atoms with Gasteiger partial charge in [-0.2, -0.15) is 0 Å². The van der Waals surface area contributed by atoms with E-state index in [-0.39, 0.29) is 56.3 Å². The van der Waals surface area contributed by atoms with Crippen LogP contribution in [-0.4, -0.2) is 13.4 Å². The second-order valence-electron chi connectivity index (χ2n) is 1.69. The molecule has 4 nitrogen and oxygen atoms in total. The van der Waals surface area contributed by atoms with Gasteiger partial charge in [-0.25, -0.2) is 8.42 Å². The van der Waals surface area contributed by atoms with Crippen LogP contribution in [0, 0.1) is 0 Å². The van der Waals surface area contributed by atoms with Crippen molar-refractivity contribution in [3.8, 4) is 0 Å². The van der Waals surface area contributed by atoms with Gasteiger partial charge in [0.2, 0.25) is 0 Å². The average molecular weight is 196 g/mol. The van der Waals surface area contributed by atoms with E-state index in [0.29, 0.717) is 0 Å². The number of nitrogens with one attached hydrogen (secondary N) is 1. The van der Waals surface area contributed by atoms with Crippen LogP contribution in [0.3, 0.4) is 0 Å². The molecule has 0 fully saturated rings. The molecular weight excluding hydrogens is 191 g/mol. The molecule has 0 unspecified atom stereocenters. The van der Waals surface area contributed by atoms with Gasteiger partial charge in [0.1, 0.15) is 10.0 Å². The van der Waals surface area contributed by atoms with Gasteiger partial charge in [-0.3, -0.25) is 4.98 Å². The first-order valence-electron chi connectivity index (χ1n) is 2.50. The fourth-order valence-electron chi connectivity index (χ4n) is 0.506. The van der Waals surface area contributed by atoms with E-state index in [4.69, 9.17) is 5.14 Å². The Balaban J connectivity index is 0.000001000. The van der Waals surface area contributed by atoms with E-state index in [1.807, 2.05) is 0 Å². The third-order valence-electron chi connectivity index (χ3n) is 0.945. The molecule has 1 heterocycles. The van der Waals surface area contributed by atoms with Crippen LogP contribution in [0.25, 0.3) is 5.14 Å². The first-order chi connectivity index (χ1) is 4.61. The Morgan fingerprint density at radius 2 is 2.09 bits per heavy atom. The van der Waals surface area contributed by atoms with Gasteiger partial charge in [-0.05, 0) is 12.1 Å². The molecule has 0 aliphatic heterocycles. The Morgan fingerprint density at radius 3 is 2.36 bits per heavy atom. The molecule has 1 N–H and O–H groups in total. The summed E-state index contributed by atoms with van der Waals surface area (Å²) in [5, 5.41) is 6.61. The standard InChI is InChI=1S/C5H5N2O2S.K/c6-10(8,9)5-2-1-3-7-4-5;/h1-4H,(H-,6,8,9);/q-1;+1. The molecule has 1 aromatic heterocycles. The Bertz CT molecular complexity index is 311. The van der Waals surface area contributed by atoms with E-state index in [1.165, 1.54) is 18.3 Å². The number of rotatable bonds is 1. The van der Waals surface area contributed by atoms with Gasteiger partial charge in [0, 0.05) is 12.4 Å². The summed E-state index contributed by atoms with van der Waals surface area (Å²) in [5.74, 6) is 0. The van der Waals surface area contributed by atoms with Crippen LogP contribution in [0.1, 0.15) is 0 Å². The minimum absolute atomic E-state index is 0. The molecule has 1 rings (SSSR count). The van der Waals surface area contributed by atoms with Crippen LogP contribution in [-0.2, 0) is 10.0 Å². The molecule has 0 bridgehead atoms. The zero-order valence-electron chi connectivity index (χ0n) is 5.98. The van der Waals surface area contributed by atoms with Crippen LogP contribution in [0.15, 0.2) is 29.4 Å². The Morgan fingerprint density at radius 1 is 1.45 bits per heavy atom. The van der Waals surface area contributed by atoms with Crippen molar-refractivity contribution in [1.82, 2.24) is 4.98 Å². The SMILES string of the molecule is [K+].[NH-]S(=O)(=O)c1cccnc1. The largest absolute Gasteiger partial charge is 1.00 e. The topological polar surface area (TPSA) is 70.8 Å². The van der Waals surface area contributed by atoms with Gasteiger partial charge >= 0.3 is 51.4 Å². The molecule has 0 radical (unpaired) electrons. The molecule has 0 amide bonds. The predicted octanol–water partition coefficient (Wildman–Crippen LogP) is -2.17. The number of aromatic nitrogens is 1. The second kappa shape index (κ2) is 4.66. The molecule has 0 spiro atoms. The average Bonchev–Trinajstić information content (AvgIpc) is 1.88. The van der Waals surface area contributed by atoms with E-state index >= 15 is 0 Å². The molecule has 11 heavy (non-hydrogen) atoms. The molecule has 0 atom stereocenters. The molecular formula is C5H5KN2O2S. The van der Waals surface area contributed by atoms with Gasteiger partial charge < -0.3 is 5.14 Å². The fraction of sp³-hybridized carbons (Fsp3) is 0. The van der Waals surface area contributed by atoms with Crippen LogP contribution >= 0.6 is 0 Å². The summed E-state index contributed by atoms with van der Waals surface area (Å²) in [5.41, 5.74) is 0. The summed E-state index contributed by atoms with van der Waals surface area (Å²) in [6, 6.07) is 2.80. The maximum absolute atomic E-state index is 10.5. The van der Waals surface area contributed by atoms with E-state index < -0.39 is 10.0 Å². The zero-order chi connectivity index (χ0) is 7.61. The van der Waals surface area contributed by atoms with Crippen LogP contribution in [0.2, 0.25) is 0 Å². The summed E-state index contributed by atoms with van der Waals surface area (Å²) in [4.78, 5) is 3.48. The Hall–Kier alpha value is 0.696. The summed E-state index contributed by atoms with van der Waals surface area (Å²) in [6.45, 7) is 0. The van der Waals surface area contributed by atoms with Gasteiger partial charge in [-0.1, -0.05) is 0 Å². The Kier molecular flexibility index (Phi) is 4.95. The van der Waals surface area contributed by atoms with Crippen molar-refractivity contribution < 1.29 is 59.8 Å². The molecule has 54 valence electrons. The summed E-state index contributed by atoms with van der Waals surface area (Å²) < 4.78 is 20.9. The number of hydrogen-bond acceptors (Lipinski definition) is 3.